The highest BCUT2D eigenvalue weighted by molar-refractivity contribution is 7.12. The Bertz CT molecular complexity index is 885. The first kappa shape index (κ1) is 17.7. The third-order valence-corrected chi connectivity index (χ3v) is 5.61. The third-order valence-electron chi connectivity index (χ3n) is 4.74. The summed E-state index contributed by atoms with van der Waals surface area (Å²) in [5.74, 6) is 0.854. The highest BCUT2D eigenvalue weighted by atomic mass is 32.1. The molecule has 5 nitrogen and oxygen atoms in total. The van der Waals surface area contributed by atoms with Gasteiger partial charge in [-0.25, -0.2) is 0 Å². The minimum Gasteiger partial charge on any atom is -0.355 e. The van der Waals surface area contributed by atoms with Crippen molar-refractivity contribution in [3.8, 4) is 11.3 Å². The number of anilines is 2. The van der Waals surface area contributed by atoms with Gasteiger partial charge in [0, 0.05) is 24.3 Å². The fraction of sp³-hybridized carbons (Fsp3) is 0.286. The average Bonchev–Trinajstić information content (AvgIpc) is 3.11. The lowest BCUT2D eigenvalue weighted by atomic mass is 10.1. The third kappa shape index (κ3) is 4.34. The molecule has 1 aliphatic rings. The van der Waals surface area contributed by atoms with Crippen LogP contribution >= 0.6 is 11.3 Å². The molecule has 1 aliphatic heterocycles. The van der Waals surface area contributed by atoms with Crippen molar-refractivity contribution in [2.24, 2.45) is 0 Å². The summed E-state index contributed by atoms with van der Waals surface area (Å²) in [6, 6.07) is 15.5. The van der Waals surface area contributed by atoms with Gasteiger partial charge in [-0.15, -0.1) is 21.5 Å². The van der Waals surface area contributed by atoms with Crippen LogP contribution in [0.25, 0.3) is 11.3 Å². The zero-order valence-electron chi connectivity index (χ0n) is 15.1. The Hall–Kier alpha value is -2.73. The van der Waals surface area contributed by atoms with Crippen LogP contribution < -0.4 is 10.2 Å². The largest absolute Gasteiger partial charge is 0.355 e. The van der Waals surface area contributed by atoms with Crippen LogP contribution in [0.4, 0.5) is 11.5 Å². The van der Waals surface area contributed by atoms with Crippen LogP contribution in [-0.4, -0.2) is 29.2 Å². The molecule has 0 aliphatic carbocycles. The van der Waals surface area contributed by atoms with Crippen LogP contribution in [-0.2, 0) is 0 Å². The van der Waals surface area contributed by atoms with Gasteiger partial charge < -0.3 is 10.2 Å². The standard InChI is InChI=1S/C21H22N4OS/c26-21(19-9-6-14-27-19)22-17-8-5-7-16(15-17)18-10-11-20(24-23-18)25-12-3-1-2-4-13-25/h5-11,14-15H,1-4,12-13H2,(H,22,26). The molecule has 3 heterocycles. The molecule has 0 saturated carbocycles. The lowest BCUT2D eigenvalue weighted by molar-refractivity contribution is 0.103. The van der Waals surface area contributed by atoms with Gasteiger partial charge >= 0.3 is 0 Å². The molecule has 0 unspecified atom stereocenters. The first-order chi connectivity index (χ1) is 13.3. The Morgan fingerprint density at radius 1 is 0.963 bits per heavy atom. The maximum Gasteiger partial charge on any atom is 0.265 e. The van der Waals surface area contributed by atoms with Crippen LogP contribution in [0, 0.1) is 0 Å². The van der Waals surface area contributed by atoms with Gasteiger partial charge in [0.2, 0.25) is 0 Å². The van der Waals surface area contributed by atoms with E-state index in [1.807, 2.05) is 53.9 Å². The number of nitrogens with one attached hydrogen (secondary N) is 1. The van der Waals surface area contributed by atoms with E-state index >= 15 is 0 Å². The van der Waals surface area contributed by atoms with Gasteiger partial charge in [0.05, 0.1) is 10.6 Å². The van der Waals surface area contributed by atoms with Gasteiger partial charge in [0.25, 0.3) is 5.91 Å². The van der Waals surface area contributed by atoms with E-state index in [1.165, 1.54) is 37.0 Å². The van der Waals surface area contributed by atoms with Crippen LogP contribution in [0.3, 0.4) is 0 Å². The summed E-state index contributed by atoms with van der Waals surface area (Å²) in [5, 5.41) is 13.7. The summed E-state index contributed by atoms with van der Waals surface area (Å²) < 4.78 is 0. The van der Waals surface area contributed by atoms with E-state index < -0.39 is 0 Å². The zero-order valence-corrected chi connectivity index (χ0v) is 15.9. The van der Waals surface area contributed by atoms with E-state index in [9.17, 15) is 4.79 Å². The van der Waals surface area contributed by atoms with Gasteiger partial charge in [0.1, 0.15) is 0 Å². The topological polar surface area (TPSA) is 58.1 Å². The van der Waals surface area contributed by atoms with Crippen LogP contribution in [0.5, 0.6) is 0 Å². The normalized spacial score (nSPS) is 14.6. The van der Waals surface area contributed by atoms with E-state index in [2.05, 4.69) is 20.4 Å². The maximum absolute atomic E-state index is 12.2. The molecule has 1 saturated heterocycles. The van der Waals surface area contributed by atoms with Crippen molar-refractivity contribution >= 4 is 28.7 Å². The van der Waals surface area contributed by atoms with Crippen molar-refractivity contribution in [2.45, 2.75) is 25.7 Å². The van der Waals surface area contributed by atoms with Crippen molar-refractivity contribution in [1.29, 1.82) is 0 Å². The molecule has 4 rings (SSSR count). The monoisotopic (exact) mass is 378 g/mol. The number of amides is 1. The smallest absolute Gasteiger partial charge is 0.265 e. The van der Waals surface area contributed by atoms with Crippen molar-refractivity contribution in [1.82, 2.24) is 10.2 Å². The average molecular weight is 379 g/mol. The molecule has 2 aromatic heterocycles. The van der Waals surface area contributed by atoms with Crippen molar-refractivity contribution < 1.29 is 4.79 Å². The van der Waals surface area contributed by atoms with E-state index in [-0.39, 0.29) is 5.91 Å². The fourth-order valence-corrected chi connectivity index (χ4v) is 3.92. The molecular weight excluding hydrogens is 356 g/mol. The van der Waals surface area contributed by atoms with Crippen LogP contribution in [0.1, 0.15) is 35.4 Å². The second kappa shape index (κ2) is 8.31. The molecule has 0 spiro atoms. The molecule has 0 radical (unpaired) electrons. The molecule has 138 valence electrons. The molecule has 1 aromatic carbocycles. The molecule has 0 atom stereocenters. The second-order valence-electron chi connectivity index (χ2n) is 6.69. The van der Waals surface area contributed by atoms with Crippen LogP contribution in [0.15, 0.2) is 53.9 Å². The minimum absolute atomic E-state index is 0.0928. The number of rotatable bonds is 4. The second-order valence-corrected chi connectivity index (χ2v) is 7.64. The number of carbonyl (C=O) groups is 1. The Balaban J connectivity index is 1.49. The lowest BCUT2D eigenvalue weighted by Crippen LogP contribution is -2.25. The molecule has 1 amide bonds. The number of hydrogen-bond acceptors (Lipinski definition) is 5. The molecule has 3 aromatic rings. The predicted octanol–water partition coefficient (Wildman–Crippen LogP) is 4.84. The minimum atomic E-state index is -0.0928. The van der Waals surface area contributed by atoms with Crippen molar-refractivity contribution in [3.63, 3.8) is 0 Å². The quantitative estimate of drug-likeness (QED) is 0.706. The maximum atomic E-state index is 12.2. The van der Waals surface area contributed by atoms with Crippen molar-refractivity contribution in [2.75, 3.05) is 23.3 Å². The fourth-order valence-electron chi connectivity index (χ4n) is 3.30. The van der Waals surface area contributed by atoms with E-state index in [0.29, 0.717) is 4.88 Å². The summed E-state index contributed by atoms with van der Waals surface area (Å²) >= 11 is 1.43. The number of thiophene rings is 1. The van der Waals surface area contributed by atoms with E-state index in [1.54, 1.807) is 0 Å². The summed E-state index contributed by atoms with van der Waals surface area (Å²) in [4.78, 5) is 15.3. The Morgan fingerprint density at radius 2 is 1.81 bits per heavy atom. The van der Waals surface area contributed by atoms with Gasteiger partial charge in [-0.2, -0.15) is 0 Å². The SMILES string of the molecule is O=C(Nc1cccc(-c2ccc(N3CCCCCC3)nn2)c1)c1cccs1. The summed E-state index contributed by atoms with van der Waals surface area (Å²) in [7, 11) is 0. The summed E-state index contributed by atoms with van der Waals surface area (Å²) in [5.41, 5.74) is 2.50. The molecular formula is C21H22N4OS. The number of hydrogen-bond donors (Lipinski definition) is 1. The molecule has 1 N–H and O–H groups in total. The first-order valence-electron chi connectivity index (χ1n) is 9.33. The van der Waals surface area contributed by atoms with Crippen LogP contribution in [0.2, 0.25) is 0 Å². The first-order valence-corrected chi connectivity index (χ1v) is 10.2. The van der Waals surface area contributed by atoms with Gasteiger partial charge in [-0.1, -0.05) is 31.0 Å². The zero-order chi connectivity index (χ0) is 18.5. The summed E-state index contributed by atoms with van der Waals surface area (Å²) in [6.45, 7) is 2.11. The molecule has 0 bridgehead atoms. The lowest BCUT2D eigenvalue weighted by Gasteiger charge is -2.20. The molecule has 6 heteroatoms. The highest BCUT2D eigenvalue weighted by Crippen LogP contribution is 2.23. The number of nitrogens with zero attached hydrogens (tertiary/aromatic N) is 3. The Labute approximate surface area is 163 Å². The number of carbonyl (C=O) groups excluding carboxylic acids is 1. The number of benzene rings is 1. The predicted molar refractivity (Wildman–Crippen MR) is 110 cm³/mol. The number of aromatic nitrogens is 2. The molecule has 1 fully saturated rings. The van der Waals surface area contributed by atoms with E-state index in [0.717, 1.165) is 35.9 Å². The summed E-state index contributed by atoms with van der Waals surface area (Å²) in [6.07, 6.45) is 5.03. The van der Waals surface area contributed by atoms with Crippen molar-refractivity contribution in [3.05, 3.63) is 58.8 Å². The molecule has 27 heavy (non-hydrogen) atoms. The Kier molecular flexibility index (Phi) is 5.44. The Morgan fingerprint density at radius 3 is 2.52 bits per heavy atom. The van der Waals surface area contributed by atoms with Gasteiger partial charge in [0.15, 0.2) is 5.82 Å². The van der Waals surface area contributed by atoms with Gasteiger partial charge in [-0.3, -0.25) is 4.79 Å². The van der Waals surface area contributed by atoms with E-state index in [4.69, 9.17) is 0 Å². The van der Waals surface area contributed by atoms with Gasteiger partial charge in [-0.05, 0) is 48.6 Å². The highest BCUT2D eigenvalue weighted by Gasteiger charge is 2.12.